The van der Waals surface area contributed by atoms with E-state index >= 15 is 0 Å². The zero-order valence-corrected chi connectivity index (χ0v) is 14.8. The van der Waals surface area contributed by atoms with Gasteiger partial charge in [0.25, 0.3) is 17.5 Å². The first-order valence-corrected chi connectivity index (χ1v) is 7.94. The highest BCUT2D eigenvalue weighted by molar-refractivity contribution is 5.97. The molecule has 8 nitrogen and oxygen atoms in total. The Morgan fingerprint density at radius 3 is 2.46 bits per heavy atom. The largest absolute Gasteiger partial charge is 0.376 e. The fraction of sp³-hybridized carbons (Fsp3) is 0.222. The van der Waals surface area contributed by atoms with Crippen LogP contribution in [0, 0.1) is 30.9 Å². The molecular weight excluding hydrogens is 336 g/mol. The van der Waals surface area contributed by atoms with Crippen LogP contribution in [0.3, 0.4) is 0 Å². The summed E-state index contributed by atoms with van der Waals surface area (Å²) in [6, 6.07) is 10.00. The molecule has 8 heteroatoms. The Morgan fingerprint density at radius 2 is 1.81 bits per heavy atom. The Bertz CT molecular complexity index is 864. The lowest BCUT2D eigenvalue weighted by Gasteiger charge is -2.12. The van der Waals surface area contributed by atoms with Gasteiger partial charge in [0.15, 0.2) is 0 Å². The van der Waals surface area contributed by atoms with E-state index in [2.05, 4.69) is 16.2 Å². The van der Waals surface area contributed by atoms with E-state index in [-0.39, 0.29) is 23.4 Å². The van der Waals surface area contributed by atoms with Crippen molar-refractivity contribution in [2.24, 2.45) is 0 Å². The number of rotatable bonds is 5. The zero-order valence-electron chi connectivity index (χ0n) is 14.8. The lowest BCUT2D eigenvalue weighted by molar-refractivity contribution is -0.385. The topological polar surface area (TPSA) is 113 Å². The van der Waals surface area contributed by atoms with Crippen LogP contribution in [0.15, 0.2) is 36.4 Å². The Kier molecular flexibility index (Phi) is 5.90. The second-order valence-corrected chi connectivity index (χ2v) is 5.88. The summed E-state index contributed by atoms with van der Waals surface area (Å²) < 4.78 is 0. The summed E-state index contributed by atoms with van der Waals surface area (Å²) >= 11 is 0. The summed E-state index contributed by atoms with van der Waals surface area (Å²) in [5.41, 5.74) is 7.72. The average Bonchev–Trinajstić information content (AvgIpc) is 2.58. The van der Waals surface area contributed by atoms with Crippen molar-refractivity contribution in [1.82, 2.24) is 10.9 Å². The molecule has 0 saturated heterocycles. The molecule has 2 amide bonds. The van der Waals surface area contributed by atoms with E-state index < -0.39 is 16.7 Å². The molecule has 0 spiro atoms. The quantitative estimate of drug-likeness (QED) is 0.562. The molecule has 0 unspecified atom stereocenters. The minimum absolute atomic E-state index is 0.0297. The van der Waals surface area contributed by atoms with Crippen LogP contribution in [0.2, 0.25) is 0 Å². The number of nitrogens with zero attached hydrogens (tertiary/aromatic N) is 1. The molecule has 0 radical (unpaired) electrons. The van der Waals surface area contributed by atoms with Gasteiger partial charge in [-0.15, -0.1) is 0 Å². The van der Waals surface area contributed by atoms with Crippen molar-refractivity contribution in [2.75, 3.05) is 11.9 Å². The molecule has 0 fully saturated rings. The van der Waals surface area contributed by atoms with Gasteiger partial charge in [0.1, 0.15) is 0 Å². The van der Waals surface area contributed by atoms with Crippen LogP contribution in [0.5, 0.6) is 0 Å². The number of carbonyl (C=O) groups is 2. The molecule has 0 aromatic heterocycles. The van der Waals surface area contributed by atoms with E-state index in [4.69, 9.17) is 0 Å². The number of carbonyl (C=O) groups excluding carboxylic acids is 2. The number of nitrogens with one attached hydrogen (secondary N) is 3. The van der Waals surface area contributed by atoms with Crippen LogP contribution in [0.4, 0.5) is 11.4 Å². The lowest BCUT2D eigenvalue weighted by Crippen LogP contribution is -2.44. The maximum Gasteiger partial charge on any atom is 0.273 e. The van der Waals surface area contributed by atoms with Crippen molar-refractivity contribution in [2.45, 2.75) is 20.8 Å². The highest BCUT2D eigenvalue weighted by atomic mass is 16.6. The molecule has 0 saturated carbocycles. The van der Waals surface area contributed by atoms with Crippen LogP contribution >= 0.6 is 0 Å². The van der Waals surface area contributed by atoms with Gasteiger partial charge in [-0.05, 0) is 38.5 Å². The first-order chi connectivity index (χ1) is 12.3. The van der Waals surface area contributed by atoms with Crippen LogP contribution in [-0.2, 0) is 4.79 Å². The number of hydrogen-bond donors (Lipinski definition) is 3. The van der Waals surface area contributed by atoms with Gasteiger partial charge in [0.05, 0.1) is 17.0 Å². The van der Waals surface area contributed by atoms with E-state index in [1.54, 1.807) is 0 Å². The molecule has 0 aliphatic heterocycles. The second kappa shape index (κ2) is 8.11. The number of anilines is 1. The Morgan fingerprint density at radius 1 is 1.08 bits per heavy atom. The summed E-state index contributed by atoms with van der Waals surface area (Å²) in [5, 5.41) is 13.9. The summed E-state index contributed by atoms with van der Waals surface area (Å²) in [4.78, 5) is 34.4. The summed E-state index contributed by atoms with van der Waals surface area (Å²) in [7, 11) is 0. The molecule has 0 aliphatic carbocycles. The smallest absolute Gasteiger partial charge is 0.273 e. The monoisotopic (exact) mass is 356 g/mol. The van der Waals surface area contributed by atoms with Gasteiger partial charge in [0.2, 0.25) is 0 Å². The highest BCUT2D eigenvalue weighted by Gasteiger charge is 2.18. The molecule has 2 aromatic carbocycles. The number of benzene rings is 2. The number of amides is 2. The van der Waals surface area contributed by atoms with Gasteiger partial charge in [-0.25, -0.2) is 0 Å². The van der Waals surface area contributed by atoms with E-state index in [1.165, 1.54) is 25.1 Å². The normalized spacial score (nSPS) is 10.1. The second-order valence-electron chi connectivity index (χ2n) is 5.88. The van der Waals surface area contributed by atoms with Crippen LogP contribution in [0.1, 0.15) is 27.0 Å². The first kappa shape index (κ1) is 18.9. The molecular formula is C18H20N4O4. The van der Waals surface area contributed by atoms with Crippen molar-refractivity contribution in [3.05, 3.63) is 68.8 Å². The standard InChI is InChI=1S/C18H20N4O4/c1-11-7-8-15(12(2)9-11)19-10-17(23)20-21-18(24)14-5-4-6-16(13(14)3)22(25)26/h4-9,19H,10H2,1-3H3,(H,20,23)(H,21,24). The number of hydrogen-bond acceptors (Lipinski definition) is 5. The fourth-order valence-electron chi connectivity index (χ4n) is 2.49. The van der Waals surface area contributed by atoms with E-state index in [0.29, 0.717) is 0 Å². The van der Waals surface area contributed by atoms with E-state index in [1.807, 2.05) is 32.0 Å². The summed E-state index contributed by atoms with van der Waals surface area (Å²) in [6.07, 6.45) is 0. The van der Waals surface area contributed by atoms with Crippen molar-refractivity contribution < 1.29 is 14.5 Å². The molecule has 3 N–H and O–H groups in total. The number of nitro benzene ring substituents is 1. The Labute approximate surface area is 150 Å². The number of nitro groups is 1. The van der Waals surface area contributed by atoms with E-state index in [9.17, 15) is 19.7 Å². The summed E-state index contributed by atoms with van der Waals surface area (Å²) in [5.74, 6) is -1.06. The van der Waals surface area contributed by atoms with Crippen molar-refractivity contribution in [3.63, 3.8) is 0 Å². The molecule has 26 heavy (non-hydrogen) atoms. The summed E-state index contributed by atoms with van der Waals surface area (Å²) in [6.45, 7) is 5.36. The van der Waals surface area contributed by atoms with Gasteiger partial charge < -0.3 is 5.32 Å². The predicted octanol–water partition coefficient (Wildman–Crippen LogP) is 2.39. The van der Waals surface area contributed by atoms with Crippen LogP contribution in [0.25, 0.3) is 0 Å². The third-order valence-electron chi connectivity index (χ3n) is 3.88. The molecule has 0 bridgehead atoms. The maximum absolute atomic E-state index is 12.1. The first-order valence-electron chi connectivity index (χ1n) is 7.94. The SMILES string of the molecule is Cc1ccc(NCC(=O)NNC(=O)c2cccc([N+](=O)[O-])c2C)c(C)c1. The molecule has 136 valence electrons. The van der Waals surface area contributed by atoms with Crippen LogP contribution in [-0.4, -0.2) is 23.3 Å². The van der Waals surface area contributed by atoms with Gasteiger partial charge in [-0.1, -0.05) is 23.8 Å². The van der Waals surface area contributed by atoms with E-state index in [0.717, 1.165) is 16.8 Å². The highest BCUT2D eigenvalue weighted by Crippen LogP contribution is 2.20. The minimum atomic E-state index is -0.619. The van der Waals surface area contributed by atoms with Gasteiger partial charge in [-0.3, -0.25) is 30.6 Å². The average molecular weight is 356 g/mol. The van der Waals surface area contributed by atoms with Crippen molar-refractivity contribution in [3.8, 4) is 0 Å². The number of hydrazine groups is 1. The third-order valence-corrected chi connectivity index (χ3v) is 3.88. The minimum Gasteiger partial charge on any atom is -0.376 e. The zero-order chi connectivity index (χ0) is 19.3. The van der Waals surface area contributed by atoms with Gasteiger partial charge >= 0.3 is 0 Å². The molecule has 2 rings (SSSR count). The molecule has 0 aliphatic rings. The predicted molar refractivity (Wildman–Crippen MR) is 97.8 cm³/mol. The lowest BCUT2D eigenvalue weighted by atomic mass is 10.1. The van der Waals surface area contributed by atoms with Crippen LogP contribution < -0.4 is 16.2 Å². The van der Waals surface area contributed by atoms with Crippen molar-refractivity contribution >= 4 is 23.2 Å². The molecule has 0 atom stereocenters. The fourth-order valence-corrected chi connectivity index (χ4v) is 2.49. The van der Waals surface area contributed by atoms with Crippen molar-refractivity contribution in [1.29, 1.82) is 0 Å². The number of aryl methyl sites for hydroxylation is 2. The van der Waals surface area contributed by atoms with Gasteiger partial charge in [0, 0.05) is 17.3 Å². The third kappa shape index (κ3) is 4.56. The van der Waals surface area contributed by atoms with Gasteiger partial charge in [-0.2, -0.15) is 0 Å². The Hall–Kier alpha value is -3.42. The maximum atomic E-state index is 12.1. The Balaban J connectivity index is 1.92. The molecule has 0 heterocycles. The molecule has 2 aromatic rings.